The van der Waals surface area contributed by atoms with Crippen LogP contribution in [-0.2, 0) is 0 Å². The van der Waals surface area contributed by atoms with Gasteiger partial charge in [-0.2, -0.15) is 0 Å². The van der Waals surface area contributed by atoms with Crippen LogP contribution < -0.4 is 28.2 Å². The first kappa shape index (κ1) is 12.6. The molecular weight excluding hydrogens is 223 g/mol. The van der Waals surface area contributed by atoms with Crippen LogP contribution in [-0.4, -0.2) is 5.78 Å². The highest BCUT2D eigenvalue weighted by atomic mass is 31.0. The summed E-state index contributed by atoms with van der Waals surface area (Å²) in [5, 5.41) is 0.517. The van der Waals surface area contributed by atoms with E-state index in [9.17, 15) is 4.79 Å². The van der Waals surface area contributed by atoms with E-state index < -0.39 is 0 Å². The number of nitrogens with two attached hydrogens (primary N) is 4. The summed E-state index contributed by atoms with van der Waals surface area (Å²) in [4.78, 5) is 12.0. The molecule has 0 aliphatic rings. The minimum Gasteiger partial charge on any atom is -0.396 e. The Morgan fingerprint density at radius 2 is 1.44 bits per heavy atom. The molecule has 6 heteroatoms. The van der Waals surface area contributed by atoms with Gasteiger partial charge in [-0.3, -0.25) is 4.79 Å². The Hall–Kier alpha value is -1.48. The van der Waals surface area contributed by atoms with Gasteiger partial charge in [-0.25, -0.2) is 0 Å². The van der Waals surface area contributed by atoms with E-state index in [1.807, 2.05) is 0 Å². The number of carbonyl (C=O) groups excluding carboxylic acids is 1. The molecule has 0 radical (unpaired) electrons. The standard InChI is InChI=1S/C10H17N4OP/c1-3(2)9(15)4-5(11)6(12)7(13)8(14)10(4)16/h3H,11-14,16H2,1-2H3. The molecule has 1 atom stereocenters. The number of hydrogen-bond acceptors (Lipinski definition) is 5. The Kier molecular flexibility index (Phi) is 3.29. The predicted octanol–water partition coefficient (Wildman–Crippen LogP) is 0.355. The molecule has 0 fully saturated rings. The van der Waals surface area contributed by atoms with Crippen molar-refractivity contribution in [3.05, 3.63) is 5.56 Å². The van der Waals surface area contributed by atoms with E-state index in [4.69, 9.17) is 22.9 Å². The molecule has 1 rings (SSSR count). The maximum absolute atomic E-state index is 12.0. The van der Waals surface area contributed by atoms with E-state index in [2.05, 4.69) is 9.24 Å². The molecule has 5 nitrogen and oxygen atoms in total. The molecule has 0 bridgehead atoms. The van der Waals surface area contributed by atoms with Gasteiger partial charge in [-0.15, -0.1) is 9.24 Å². The van der Waals surface area contributed by atoms with Crippen molar-refractivity contribution in [3.8, 4) is 0 Å². The molecule has 0 amide bonds. The second kappa shape index (κ2) is 4.18. The van der Waals surface area contributed by atoms with Gasteiger partial charge in [0.05, 0.1) is 28.3 Å². The number of benzene rings is 1. The minimum absolute atomic E-state index is 0.0964. The Morgan fingerprint density at radius 1 is 1.00 bits per heavy atom. The second-order valence-corrected chi connectivity index (χ2v) is 4.54. The van der Waals surface area contributed by atoms with E-state index in [-0.39, 0.29) is 28.8 Å². The van der Waals surface area contributed by atoms with Crippen molar-refractivity contribution in [1.29, 1.82) is 0 Å². The predicted molar refractivity (Wildman–Crippen MR) is 72.6 cm³/mol. The first-order valence-electron chi connectivity index (χ1n) is 4.84. The summed E-state index contributed by atoms with van der Waals surface area (Å²) in [5.41, 5.74) is 24.2. The molecule has 1 aromatic rings. The van der Waals surface area contributed by atoms with Gasteiger partial charge in [0.15, 0.2) is 5.78 Å². The van der Waals surface area contributed by atoms with Crippen molar-refractivity contribution in [2.75, 3.05) is 22.9 Å². The second-order valence-electron chi connectivity index (χ2n) is 3.96. The van der Waals surface area contributed by atoms with Crippen LogP contribution in [0.15, 0.2) is 0 Å². The summed E-state index contributed by atoms with van der Waals surface area (Å²) < 4.78 is 0. The van der Waals surface area contributed by atoms with Crippen LogP contribution in [0.3, 0.4) is 0 Å². The number of rotatable bonds is 2. The van der Waals surface area contributed by atoms with Crippen LogP contribution in [0.2, 0.25) is 0 Å². The zero-order valence-electron chi connectivity index (χ0n) is 9.37. The fraction of sp³-hybridized carbons (Fsp3) is 0.300. The third-order valence-corrected chi connectivity index (χ3v) is 3.07. The third-order valence-electron chi connectivity index (χ3n) is 2.47. The fourth-order valence-corrected chi connectivity index (χ4v) is 1.86. The minimum atomic E-state index is -0.177. The van der Waals surface area contributed by atoms with E-state index in [0.717, 1.165) is 0 Å². The lowest BCUT2D eigenvalue weighted by molar-refractivity contribution is 0.0941. The normalized spacial score (nSPS) is 10.8. The topological polar surface area (TPSA) is 121 Å². The van der Waals surface area contributed by atoms with Crippen molar-refractivity contribution < 1.29 is 4.79 Å². The summed E-state index contributed by atoms with van der Waals surface area (Å²) in [5.74, 6) is -0.273. The van der Waals surface area contributed by atoms with Crippen molar-refractivity contribution >= 4 is 43.1 Å². The van der Waals surface area contributed by atoms with Gasteiger partial charge < -0.3 is 22.9 Å². The third kappa shape index (κ3) is 1.78. The zero-order chi connectivity index (χ0) is 12.6. The molecule has 0 aliphatic carbocycles. The summed E-state index contributed by atoms with van der Waals surface area (Å²) in [6.45, 7) is 3.57. The van der Waals surface area contributed by atoms with Crippen molar-refractivity contribution in [3.63, 3.8) is 0 Å². The Morgan fingerprint density at radius 3 is 1.88 bits per heavy atom. The highest BCUT2D eigenvalue weighted by Gasteiger charge is 2.22. The van der Waals surface area contributed by atoms with Crippen LogP contribution in [0.1, 0.15) is 24.2 Å². The van der Waals surface area contributed by atoms with Gasteiger partial charge in [0, 0.05) is 11.2 Å². The molecule has 16 heavy (non-hydrogen) atoms. The first-order valence-corrected chi connectivity index (χ1v) is 5.42. The van der Waals surface area contributed by atoms with E-state index in [1.54, 1.807) is 13.8 Å². The largest absolute Gasteiger partial charge is 0.396 e. The fourth-order valence-electron chi connectivity index (χ4n) is 1.40. The molecule has 1 unspecified atom stereocenters. The Labute approximate surface area is 96.7 Å². The maximum Gasteiger partial charge on any atom is 0.168 e. The molecule has 88 valence electrons. The van der Waals surface area contributed by atoms with Crippen LogP contribution in [0.4, 0.5) is 22.7 Å². The number of nitrogen functional groups attached to an aromatic ring is 4. The molecule has 8 N–H and O–H groups in total. The quantitative estimate of drug-likeness (QED) is 0.337. The average molecular weight is 240 g/mol. The van der Waals surface area contributed by atoms with Crippen molar-refractivity contribution in [2.24, 2.45) is 5.92 Å². The van der Waals surface area contributed by atoms with Gasteiger partial charge in [0.2, 0.25) is 0 Å². The van der Waals surface area contributed by atoms with Crippen molar-refractivity contribution in [1.82, 2.24) is 0 Å². The number of Topliss-reactive ketones (excluding diaryl/α,β-unsaturated/α-hetero) is 1. The SMILES string of the molecule is CC(C)C(=O)c1c(N)c(N)c(N)c(N)c1P. The molecular formula is C10H17N4OP. The molecule has 0 aromatic heterocycles. The van der Waals surface area contributed by atoms with E-state index in [0.29, 0.717) is 16.6 Å². The summed E-state index contributed by atoms with van der Waals surface area (Å²) in [6.07, 6.45) is 0. The van der Waals surface area contributed by atoms with E-state index >= 15 is 0 Å². The lowest BCUT2D eigenvalue weighted by atomic mass is 9.97. The summed E-state index contributed by atoms with van der Waals surface area (Å²) >= 11 is 0. The summed E-state index contributed by atoms with van der Waals surface area (Å²) in [7, 11) is 2.39. The van der Waals surface area contributed by atoms with Gasteiger partial charge in [-0.05, 0) is 0 Å². The monoisotopic (exact) mass is 240 g/mol. The maximum atomic E-state index is 12.0. The molecule has 0 aliphatic heterocycles. The van der Waals surface area contributed by atoms with Gasteiger partial charge in [0.1, 0.15) is 0 Å². The highest BCUT2D eigenvalue weighted by molar-refractivity contribution is 7.28. The molecule has 1 aromatic carbocycles. The van der Waals surface area contributed by atoms with E-state index in [1.165, 1.54) is 0 Å². The highest BCUT2D eigenvalue weighted by Crippen LogP contribution is 2.33. The van der Waals surface area contributed by atoms with Gasteiger partial charge >= 0.3 is 0 Å². The van der Waals surface area contributed by atoms with Gasteiger partial charge in [0.25, 0.3) is 0 Å². The number of anilines is 4. The number of hydrogen-bond donors (Lipinski definition) is 4. The molecule has 0 saturated heterocycles. The van der Waals surface area contributed by atoms with Crippen molar-refractivity contribution in [2.45, 2.75) is 13.8 Å². The first-order chi connectivity index (χ1) is 7.29. The number of carbonyl (C=O) groups is 1. The Balaban J connectivity index is 3.58. The smallest absolute Gasteiger partial charge is 0.168 e. The van der Waals surface area contributed by atoms with Gasteiger partial charge in [-0.1, -0.05) is 13.8 Å². The summed E-state index contributed by atoms with van der Waals surface area (Å²) in [6, 6.07) is 0. The van der Waals surface area contributed by atoms with Crippen LogP contribution in [0.25, 0.3) is 0 Å². The average Bonchev–Trinajstić information content (AvgIpc) is 2.23. The lowest BCUT2D eigenvalue weighted by Gasteiger charge is -2.17. The molecule has 0 saturated carbocycles. The van der Waals surface area contributed by atoms with Crippen LogP contribution >= 0.6 is 9.24 Å². The molecule has 0 spiro atoms. The lowest BCUT2D eigenvalue weighted by Crippen LogP contribution is -2.23. The van der Waals surface area contributed by atoms with Crippen LogP contribution in [0, 0.1) is 5.92 Å². The number of ketones is 1. The Bertz CT molecular complexity index is 428. The molecule has 0 heterocycles. The van der Waals surface area contributed by atoms with Crippen LogP contribution in [0.5, 0.6) is 0 Å². The zero-order valence-corrected chi connectivity index (χ0v) is 10.5.